The lowest BCUT2D eigenvalue weighted by atomic mass is 9.87. The fourth-order valence-corrected chi connectivity index (χ4v) is 5.33. The summed E-state index contributed by atoms with van der Waals surface area (Å²) in [4.78, 5) is 20.3. The molecule has 8 nitrogen and oxygen atoms in total. The van der Waals surface area contributed by atoms with Gasteiger partial charge in [0.2, 0.25) is 0 Å². The maximum Gasteiger partial charge on any atom is 0.323 e. The highest BCUT2D eigenvalue weighted by Gasteiger charge is 2.21. The molecule has 220 valence electrons. The summed E-state index contributed by atoms with van der Waals surface area (Å²) < 4.78 is 16.5. The van der Waals surface area contributed by atoms with E-state index in [2.05, 4.69) is 54.5 Å². The van der Waals surface area contributed by atoms with Gasteiger partial charge < -0.3 is 24.8 Å². The van der Waals surface area contributed by atoms with Crippen LogP contribution in [0.15, 0.2) is 72.9 Å². The number of anilines is 2. The smallest absolute Gasteiger partial charge is 0.323 e. The molecule has 1 aromatic heterocycles. The largest absolute Gasteiger partial charge is 0.495 e. The van der Waals surface area contributed by atoms with Crippen molar-refractivity contribution in [3.8, 4) is 16.9 Å². The predicted octanol–water partition coefficient (Wildman–Crippen LogP) is 6.70. The van der Waals surface area contributed by atoms with Gasteiger partial charge in [-0.3, -0.25) is 9.88 Å². The number of benzene rings is 3. The second kappa shape index (κ2) is 12.9. The molecule has 5 rings (SSSR count). The number of methoxy groups -OCH3 is 2. The van der Waals surface area contributed by atoms with Crippen molar-refractivity contribution in [3.05, 3.63) is 84.2 Å². The molecule has 1 unspecified atom stereocenters. The summed E-state index contributed by atoms with van der Waals surface area (Å²) in [6, 6.07) is 21.8. The molecular formula is C34H40N4O4. The normalized spacial score (nSPS) is 15.9. The number of rotatable bonds is 8. The van der Waals surface area contributed by atoms with Gasteiger partial charge in [0.05, 0.1) is 43.5 Å². The Morgan fingerprint density at radius 1 is 1.00 bits per heavy atom. The van der Waals surface area contributed by atoms with Gasteiger partial charge in [0, 0.05) is 43.9 Å². The number of fused-ring (bicyclic) bond motifs is 1. The van der Waals surface area contributed by atoms with Crippen LogP contribution in [-0.4, -0.2) is 62.5 Å². The van der Waals surface area contributed by atoms with E-state index in [4.69, 9.17) is 19.2 Å². The molecule has 8 heteroatoms. The van der Waals surface area contributed by atoms with E-state index in [0.717, 1.165) is 58.5 Å². The summed E-state index contributed by atoms with van der Waals surface area (Å²) in [7, 11) is 3.30. The summed E-state index contributed by atoms with van der Waals surface area (Å²) in [6.07, 6.45) is 2.03. The minimum absolute atomic E-state index is 0.0616. The number of hydrogen-bond donors (Lipinski definition) is 2. The molecule has 42 heavy (non-hydrogen) atoms. The second-order valence-corrected chi connectivity index (χ2v) is 11.7. The van der Waals surface area contributed by atoms with Crippen molar-refractivity contribution in [1.29, 1.82) is 0 Å². The number of ether oxygens (including phenoxy) is 3. The van der Waals surface area contributed by atoms with Gasteiger partial charge in [-0.1, -0.05) is 63.2 Å². The van der Waals surface area contributed by atoms with Gasteiger partial charge in [0.15, 0.2) is 0 Å². The van der Waals surface area contributed by atoms with Crippen LogP contribution in [0.1, 0.15) is 32.0 Å². The maximum atomic E-state index is 13.2. The molecule has 2 N–H and O–H groups in total. The number of nitrogens with zero attached hydrogens (tertiary/aromatic N) is 2. The van der Waals surface area contributed by atoms with Gasteiger partial charge >= 0.3 is 6.03 Å². The number of aromatic nitrogens is 1. The van der Waals surface area contributed by atoms with Crippen molar-refractivity contribution in [2.24, 2.45) is 0 Å². The molecular weight excluding hydrogens is 528 g/mol. The van der Waals surface area contributed by atoms with Gasteiger partial charge in [-0.25, -0.2) is 4.79 Å². The highest BCUT2D eigenvalue weighted by molar-refractivity contribution is 6.10. The van der Waals surface area contributed by atoms with Crippen molar-refractivity contribution in [2.75, 3.05) is 51.2 Å². The molecule has 1 aliphatic rings. The van der Waals surface area contributed by atoms with Crippen molar-refractivity contribution < 1.29 is 19.0 Å². The Morgan fingerprint density at radius 3 is 2.50 bits per heavy atom. The van der Waals surface area contributed by atoms with E-state index in [0.29, 0.717) is 24.7 Å². The molecule has 2 heterocycles. The predicted molar refractivity (Wildman–Crippen MR) is 168 cm³/mol. The Hall–Kier alpha value is -3.98. The third kappa shape index (κ3) is 6.90. The summed E-state index contributed by atoms with van der Waals surface area (Å²) in [5.74, 6) is 0.609. The monoisotopic (exact) mass is 568 g/mol. The van der Waals surface area contributed by atoms with E-state index in [1.807, 2.05) is 54.7 Å². The Balaban J connectivity index is 1.33. The summed E-state index contributed by atoms with van der Waals surface area (Å²) >= 11 is 0. The van der Waals surface area contributed by atoms with E-state index in [1.54, 1.807) is 14.2 Å². The first-order chi connectivity index (χ1) is 20.2. The Kier molecular flexibility index (Phi) is 9.06. The molecule has 3 aromatic carbocycles. The van der Waals surface area contributed by atoms with Crippen LogP contribution in [0.3, 0.4) is 0 Å². The van der Waals surface area contributed by atoms with Gasteiger partial charge in [-0.05, 0) is 46.2 Å². The summed E-state index contributed by atoms with van der Waals surface area (Å²) in [5, 5.41) is 8.00. The van der Waals surface area contributed by atoms with Crippen LogP contribution >= 0.6 is 0 Å². The number of amides is 2. The standard InChI is InChI=1S/C34H40N4O4/c1-34(2,3)24-11-15-32(41-5)31(18-24)37-33(39)36-30-14-13-27(28-8-6-7-9-29(28)30)23-10-12-25(35-19-23)20-38-16-17-42-26(21-38)22-40-4/h6-15,18-19,26H,16-17,20-22H2,1-5H3,(H2,36,37,39). The first-order valence-electron chi connectivity index (χ1n) is 14.3. The van der Waals surface area contributed by atoms with Crippen molar-refractivity contribution in [1.82, 2.24) is 9.88 Å². The lowest BCUT2D eigenvalue weighted by Crippen LogP contribution is -2.43. The number of carbonyl (C=O) groups is 1. The van der Waals surface area contributed by atoms with Crippen LogP contribution in [0.5, 0.6) is 5.75 Å². The molecule has 1 saturated heterocycles. The average Bonchev–Trinajstić information content (AvgIpc) is 2.98. The molecule has 2 amide bonds. The Labute approximate surface area is 248 Å². The van der Waals surface area contributed by atoms with Crippen LogP contribution < -0.4 is 15.4 Å². The quantitative estimate of drug-likeness (QED) is 0.246. The van der Waals surface area contributed by atoms with Gasteiger partial charge in [0.25, 0.3) is 0 Å². The molecule has 1 fully saturated rings. The van der Waals surface area contributed by atoms with E-state index in [1.165, 1.54) is 0 Å². The molecule has 4 aromatic rings. The minimum Gasteiger partial charge on any atom is -0.495 e. The van der Waals surface area contributed by atoms with Crippen LogP contribution in [0.4, 0.5) is 16.2 Å². The van der Waals surface area contributed by atoms with E-state index < -0.39 is 0 Å². The Morgan fingerprint density at radius 2 is 1.79 bits per heavy atom. The molecule has 0 saturated carbocycles. The number of carbonyl (C=O) groups excluding carboxylic acids is 1. The summed E-state index contributed by atoms with van der Waals surface area (Å²) in [5.41, 5.74) is 5.49. The second-order valence-electron chi connectivity index (χ2n) is 11.7. The SMILES string of the molecule is COCC1CN(Cc2ccc(-c3ccc(NC(=O)Nc4cc(C(C)(C)C)ccc4OC)c4ccccc34)cn2)CCO1. The van der Waals surface area contributed by atoms with Crippen LogP contribution in [0.25, 0.3) is 21.9 Å². The van der Waals surface area contributed by atoms with Crippen molar-refractivity contribution in [3.63, 3.8) is 0 Å². The zero-order valence-electron chi connectivity index (χ0n) is 25.1. The minimum atomic E-state index is -0.334. The van der Waals surface area contributed by atoms with Crippen LogP contribution in [-0.2, 0) is 21.4 Å². The van der Waals surface area contributed by atoms with Gasteiger partial charge in [-0.15, -0.1) is 0 Å². The number of pyridine rings is 1. The van der Waals surface area contributed by atoms with Gasteiger partial charge in [-0.2, -0.15) is 0 Å². The zero-order chi connectivity index (χ0) is 29.7. The number of urea groups is 1. The van der Waals surface area contributed by atoms with Crippen LogP contribution in [0, 0.1) is 0 Å². The van der Waals surface area contributed by atoms with Crippen molar-refractivity contribution >= 4 is 28.2 Å². The molecule has 1 atom stereocenters. The topological polar surface area (TPSA) is 85.0 Å². The molecule has 1 aliphatic heterocycles. The third-order valence-corrected chi connectivity index (χ3v) is 7.58. The fraction of sp³-hybridized carbons (Fsp3) is 0.353. The van der Waals surface area contributed by atoms with E-state index in [9.17, 15) is 4.79 Å². The molecule has 0 aliphatic carbocycles. The van der Waals surface area contributed by atoms with E-state index >= 15 is 0 Å². The van der Waals surface area contributed by atoms with E-state index in [-0.39, 0.29) is 17.6 Å². The zero-order valence-corrected chi connectivity index (χ0v) is 25.1. The van der Waals surface area contributed by atoms with Crippen molar-refractivity contribution in [2.45, 2.75) is 38.8 Å². The third-order valence-electron chi connectivity index (χ3n) is 7.58. The number of hydrogen-bond acceptors (Lipinski definition) is 6. The first kappa shape index (κ1) is 29.5. The highest BCUT2D eigenvalue weighted by Crippen LogP contribution is 2.34. The van der Waals surface area contributed by atoms with Gasteiger partial charge in [0.1, 0.15) is 5.75 Å². The Bertz CT molecular complexity index is 1530. The maximum absolute atomic E-state index is 13.2. The highest BCUT2D eigenvalue weighted by atomic mass is 16.5. The lowest BCUT2D eigenvalue weighted by Gasteiger charge is -2.32. The lowest BCUT2D eigenvalue weighted by molar-refractivity contribution is -0.0633. The molecule has 0 bridgehead atoms. The number of nitrogens with one attached hydrogen (secondary N) is 2. The molecule has 0 radical (unpaired) electrons. The summed E-state index contributed by atoms with van der Waals surface area (Å²) in [6.45, 7) is 10.2. The number of morpholine rings is 1. The average molecular weight is 569 g/mol. The van der Waals surface area contributed by atoms with Crippen LogP contribution in [0.2, 0.25) is 0 Å². The first-order valence-corrected chi connectivity index (χ1v) is 14.3. The fourth-order valence-electron chi connectivity index (χ4n) is 5.33. The molecule has 0 spiro atoms.